The zero-order valence-electron chi connectivity index (χ0n) is 38.2. The zero-order chi connectivity index (χ0) is 47.3. The molecule has 14 heteroatoms. The van der Waals surface area contributed by atoms with Gasteiger partial charge >= 0.3 is 7.12 Å². The normalized spacial score (nSPS) is 13.2. The maximum Gasteiger partial charge on any atom is 0.488 e. The SMILES string of the molecule is C.Clc1nc(Cl)nc(-c2cccc3oc4ccccc4c23)n1.[2H]c1c([2H])c([2H])c(-c2nc(Cl)nc(-c3cccc4oc5ccccc5c34)n2)c([2H])c1[2H].[2H]c1c([2H])c([2H])c(B(O)O)c([2H])c1[2H]. The second-order valence-electron chi connectivity index (χ2n) is 11.4. The van der Waals surface area contributed by atoms with Crippen LogP contribution in [0.25, 0.3) is 78.0 Å². The fraction of sp³-hybridized carbons (Fsp3) is 0.0233. The summed E-state index contributed by atoms with van der Waals surface area (Å²) in [5.41, 5.74) is 3.71. The predicted molar refractivity (Wildman–Crippen MR) is 229 cm³/mol. The summed E-state index contributed by atoms with van der Waals surface area (Å²) >= 11 is 17.9. The van der Waals surface area contributed by atoms with Crippen LogP contribution in [0.3, 0.4) is 0 Å². The lowest BCUT2D eigenvalue weighted by Gasteiger charge is -2.06. The Balaban J connectivity index is 0.000000160. The van der Waals surface area contributed by atoms with Crippen LogP contribution in [0, 0.1) is 0 Å². The summed E-state index contributed by atoms with van der Waals surface area (Å²) in [7, 11) is -2.07. The predicted octanol–water partition coefficient (Wildman–Crippen LogP) is 10.5. The highest BCUT2D eigenvalue weighted by Crippen LogP contribution is 2.37. The first kappa shape index (κ1) is 28.2. The summed E-state index contributed by atoms with van der Waals surface area (Å²) < 4.78 is 87.9. The molecule has 57 heavy (non-hydrogen) atoms. The molecule has 0 aliphatic heterocycles. The third kappa shape index (κ3) is 8.48. The van der Waals surface area contributed by atoms with Gasteiger partial charge in [0.05, 0.1) is 13.7 Å². The topological polar surface area (TPSA) is 144 Å². The molecule has 0 bridgehead atoms. The molecule has 0 fully saturated rings. The smallest absolute Gasteiger partial charge is 0.456 e. The highest BCUT2D eigenvalue weighted by molar-refractivity contribution is 6.58. The number of rotatable bonds is 4. The van der Waals surface area contributed by atoms with Gasteiger partial charge < -0.3 is 18.9 Å². The van der Waals surface area contributed by atoms with E-state index in [1.165, 1.54) is 0 Å². The van der Waals surface area contributed by atoms with Gasteiger partial charge in [-0.3, -0.25) is 0 Å². The maximum atomic E-state index is 8.81. The summed E-state index contributed by atoms with van der Waals surface area (Å²) in [6.45, 7) is 0. The van der Waals surface area contributed by atoms with Crippen LogP contribution in [0.1, 0.15) is 21.1 Å². The third-order valence-electron chi connectivity index (χ3n) is 7.98. The summed E-state index contributed by atoms with van der Waals surface area (Å²) in [6, 6.07) is 21.3. The van der Waals surface area contributed by atoms with E-state index in [0.29, 0.717) is 22.6 Å². The second-order valence-corrected chi connectivity index (χ2v) is 12.4. The van der Waals surface area contributed by atoms with E-state index in [-0.39, 0.29) is 40.5 Å². The van der Waals surface area contributed by atoms with Gasteiger partial charge in [-0.1, -0.05) is 129 Å². The molecule has 6 aromatic carbocycles. The molecule has 280 valence electrons. The standard InChI is InChI=1S/C21H12ClN3O.C15H7Cl2N3O.C6H7BO2.CH4/c22-21-24-19(13-7-2-1-3-8-13)23-20(25-21)15-10-6-12-17-18(15)14-9-4-5-11-16(14)26-17;16-14-18-13(19-15(17)20-14)9-5-3-7-11-12(9)8-4-1-2-6-10(8)21-11;8-7(9)6-4-2-1-3-5-6;/h1-12H;1-7H;1-5,8-9H;1H4/i1D,2D,3D,7D,8D;;1D,2D,3D,4D,5D;. The monoisotopic (exact) mass is 820 g/mol. The van der Waals surface area contributed by atoms with E-state index in [0.717, 1.165) is 38.3 Å². The highest BCUT2D eigenvalue weighted by atomic mass is 35.5. The van der Waals surface area contributed by atoms with Crippen molar-refractivity contribution < 1.29 is 32.6 Å². The molecule has 0 aliphatic rings. The molecule has 2 N–H and O–H groups in total. The lowest BCUT2D eigenvalue weighted by atomic mass is 9.81. The molecule has 0 spiro atoms. The van der Waals surface area contributed by atoms with Crippen LogP contribution in [-0.4, -0.2) is 47.1 Å². The molecule has 4 heterocycles. The number of furan rings is 2. The number of hydrogen-bond donors (Lipinski definition) is 2. The summed E-state index contributed by atoms with van der Waals surface area (Å²) in [4.78, 5) is 24.8. The molecule has 0 unspecified atom stereocenters. The number of nitrogens with zero attached hydrogens (tertiary/aromatic N) is 6. The molecular weight excluding hydrogens is 782 g/mol. The van der Waals surface area contributed by atoms with Gasteiger partial charge in [-0.05, 0) is 64.5 Å². The van der Waals surface area contributed by atoms with Crippen molar-refractivity contribution in [3.63, 3.8) is 0 Å². The molecule has 4 aromatic heterocycles. The van der Waals surface area contributed by atoms with Crippen molar-refractivity contribution in [3.8, 4) is 34.2 Å². The van der Waals surface area contributed by atoms with Crippen LogP contribution in [0.15, 0.2) is 154 Å². The largest absolute Gasteiger partial charge is 0.488 e. The van der Waals surface area contributed by atoms with Crippen LogP contribution in [0.2, 0.25) is 15.9 Å². The van der Waals surface area contributed by atoms with Gasteiger partial charge in [0.2, 0.25) is 15.9 Å². The Hall–Kier alpha value is -6.21. The van der Waals surface area contributed by atoms with E-state index >= 15 is 0 Å². The van der Waals surface area contributed by atoms with Crippen LogP contribution in [0.4, 0.5) is 0 Å². The van der Waals surface area contributed by atoms with Crippen molar-refractivity contribution in [2.24, 2.45) is 0 Å². The van der Waals surface area contributed by atoms with Gasteiger partial charge in [-0.25, -0.2) is 4.98 Å². The lowest BCUT2D eigenvalue weighted by molar-refractivity contribution is 0.426. The molecule has 0 atom stereocenters. The molecule has 0 saturated carbocycles. The van der Waals surface area contributed by atoms with Gasteiger partial charge in [0.25, 0.3) is 0 Å². The molecule has 0 amide bonds. The van der Waals surface area contributed by atoms with Crippen LogP contribution < -0.4 is 5.46 Å². The van der Waals surface area contributed by atoms with E-state index < -0.39 is 73.0 Å². The molecule has 0 saturated heterocycles. The van der Waals surface area contributed by atoms with E-state index in [9.17, 15) is 0 Å². The quantitative estimate of drug-likeness (QED) is 0.165. The van der Waals surface area contributed by atoms with Crippen molar-refractivity contribution in [2.45, 2.75) is 7.43 Å². The molecule has 10 aromatic rings. The lowest BCUT2D eigenvalue weighted by Crippen LogP contribution is -2.29. The maximum absolute atomic E-state index is 8.81. The molecule has 10 rings (SSSR count). The van der Waals surface area contributed by atoms with Crippen molar-refractivity contribution in [1.82, 2.24) is 29.9 Å². The first-order chi connectivity index (χ1) is 31.5. The van der Waals surface area contributed by atoms with Gasteiger partial charge in [0.15, 0.2) is 17.5 Å². The average molecular weight is 822 g/mol. The zero-order valence-corrected chi connectivity index (χ0v) is 30.5. The Kier molecular flexibility index (Phi) is 8.57. The number of halogens is 3. The first-order valence-corrected chi connectivity index (χ1v) is 17.4. The summed E-state index contributed by atoms with van der Waals surface area (Å²) in [5, 5.41) is 21.2. The average Bonchev–Trinajstić information content (AvgIpc) is 3.88. The van der Waals surface area contributed by atoms with Gasteiger partial charge in [0, 0.05) is 38.2 Å². The molecular formula is C43H30BCl3N6O4. The number of aromatic nitrogens is 6. The molecule has 0 aliphatic carbocycles. The van der Waals surface area contributed by atoms with Gasteiger partial charge in [-0.15, -0.1) is 0 Å². The summed E-state index contributed by atoms with van der Waals surface area (Å²) in [5.74, 6) is 0.535. The Morgan fingerprint density at radius 1 is 0.474 bits per heavy atom. The van der Waals surface area contributed by atoms with Crippen LogP contribution >= 0.6 is 34.8 Å². The highest BCUT2D eigenvalue weighted by Gasteiger charge is 2.17. The Labute approximate surface area is 355 Å². The minimum Gasteiger partial charge on any atom is -0.456 e. The van der Waals surface area contributed by atoms with Crippen molar-refractivity contribution in [1.29, 1.82) is 0 Å². The number of benzene rings is 6. The summed E-state index contributed by atoms with van der Waals surface area (Å²) in [6.07, 6.45) is 0. The van der Waals surface area contributed by atoms with E-state index in [2.05, 4.69) is 29.9 Å². The molecule has 0 radical (unpaired) electrons. The fourth-order valence-corrected chi connectivity index (χ4v) is 6.22. The van der Waals surface area contributed by atoms with Crippen LogP contribution in [0.5, 0.6) is 0 Å². The second kappa shape index (κ2) is 17.3. The minimum absolute atomic E-state index is 0. The first-order valence-electron chi connectivity index (χ1n) is 21.3. The van der Waals surface area contributed by atoms with E-state index in [1.54, 1.807) is 6.07 Å². The van der Waals surface area contributed by atoms with Crippen molar-refractivity contribution in [2.75, 3.05) is 0 Å². The molecule has 10 nitrogen and oxygen atoms in total. The Bertz CT molecular complexity index is 3490. The van der Waals surface area contributed by atoms with E-state index in [1.807, 2.05) is 78.9 Å². The van der Waals surface area contributed by atoms with Crippen LogP contribution in [-0.2, 0) is 0 Å². The van der Waals surface area contributed by atoms with Gasteiger partial charge in [-0.2, -0.15) is 24.9 Å². The van der Waals surface area contributed by atoms with E-state index in [4.69, 9.17) is 67.4 Å². The third-order valence-corrected chi connectivity index (χ3v) is 8.48. The number of hydrogen-bond acceptors (Lipinski definition) is 10. The van der Waals surface area contributed by atoms with Crippen molar-refractivity contribution >= 4 is 91.3 Å². The fourth-order valence-electron chi connectivity index (χ4n) is 5.70. The van der Waals surface area contributed by atoms with Crippen molar-refractivity contribution in [3.05, 3.63) is 161 Å². The Morgan fingerprint density at radius 3 is 1.40 bits per heavy atom. The van der Waals surface area contributed by atoms with Gasteiger partial charge in [0.1, 0.15) is 22.3 Å². The minimum atomic E-state index is -2.07. The number of fused-ring (bicyclic) bond motifs is 6. The number of para-hydroxylation sites is 2. The Morgan fingerprint density at radius 2 is 0.895 bits per heavy atom.